The molecule has 0 saturated carbocycles. The maximum Gasteiger partial charge on any atom is 0.234 e. The van der Waals surface area contributed by atoms with Crippen molar-refractivity contribution in [3.05, 3.63) is 47.1 Å². The summed E-state index contributed by atoms with van der Waals surface area (Å²) in [6, 6.07) is 8.45. The Bertz CT molecular complexity index is 946. The molecule has 1 aliphatic heterocycles. The van der Waals surface area contributed by atoms with E-state index in [1.807, 2.05) is 6.07 Å². The van der Waals surface area contributed by atoms with Crippen LogP contribution in [0.15, 0.2) is 40.7 Å². The molecule has 1 fully saturated rings. The lowest BCUT2D eigenvalue weighted by Gasteiger charge is -2.37. The van der Waals surface area contributed by atoms with Gasteiger partial charge in [-0.1, -0.05) is 6.07 Å². The smallest absolute Gasteiger partial charge is 0.234 e. The van der Waals surface area contributed by atoms with Gasteiger partial charge in [0.2, 0.25) is 10.0 Å². The molecule has 0 atom stereocenters. The first kappa shape index (κ1) is 24.7. The summed E-state index contributed by atoms with van der Waals surface area (Å²) < 4.78 is 40.6. The Balaban J connectivity index is 0.00000320. The predicted molar refractivity (Wildman–Crippen MR) is 133 cm³/mol. The minimum Gasteiger partial charge on any atom is -0.360 e. The second-order valence-corrected chi connectivity index (χ2v) is 9.55. The van der Waals surface area contributed by atoms with Crippen molar-refractivity contribution in [1.29, 1.82) is 0 Å². The molecule has 0 aliphatic carbocycles. The fourth-order valence-electron chi connectivity index (χ4n) is 3.10. The van der Waals surface area contributed by atoms with E-state index in [9.17, 15) is 12.8 Å². The van der Waals surface area contributed by atoms with Gasteiger partial charge in [0, 0.05) is 39.8 Å². The van der Waals surface area contributed by atoms with Crippen LogP contribution in [-0.2, 0) is 10.0 Å². The third kappa shape index (κ3) is 6.71. The number of guanidine groups is 1. The van der Waals surface area contributed by atoms with E-state index in [1.165, 1.54) is 11.1 Å². The highest BCUT2D eigenvalue weighted by atomic mass is 127. The van der Waals surface area contributed by atoms with Crippen LogP contribution in [0.4, 0.5) is 15.1 Å². The number of rotatable bonds is 6. The molecule has 166 valence electrons. The van der Waals surface area contributed by atoms with Crippen LogP contribution in [0.3, 0.4) is 0 Å². The minimum absolute atomic E-state index is 0. The zero-order chi connectivity index (χ0) is 20.9. The van der Waals surface area contributed by atoms with Gasteiger partial charge in [-0.15, -0.1) is 35.3 Å². The third-order valence-corrected chi connectivity index (χ3v) is 6.93. The Morgan fingerprint density at radius 2 is 1.97 bits per heavy atom. The van der Waals surface area contributed by atoms with Gasteiger partial charge in [0.25, 0.3) is 0 Å². The van der Waals surface area contributed by atoms with Crippen molar-refractivity contribution in [2.75, 3.05) is 55.1 Å². The SMILES string of the molecule is CN=C(NCCS(=O)(=O)Nc1ccc(C)c(F)c1)N1CCN(c2cccs2)CC1.I. The van der Waals surface area contributed by atoms with Crippen molar-refractivity contribution in [2.24, 2.45) is 4.99 Å². The summed E-state index contributed by atoms with van der Waals surface area (Å²) in [7, 11) is -1.91. The molecule has 2 heterocycles. The standard InChI is InChI=1S/C19H26FN5O2S2.HI/c1-15-5-6-16(14-17(15)20)23-29(26,27)13-7-22-19(21-2)25-10-8-24(9-11-25)18-4-3-12-28-18;/h3-6,12,14,23H,7-11,13H2,1-2H3,(H,21,22);1H. The Morgan fingerprint density at radius 1 is 1.23 bits per heavy atom. The molecule has 0 radical (unpaired) electrons. The highest BCUT2D eigenvalue weighted by Gasteiger charge is 2.20. The van der Waals surface area contributed by atoms with Gasteiger partial charge in [-0.25, -0.2) is 12.8 Å². The molecule has 0 spiro atoms. The molecular weight excluding hydrogens is 540 g/mol. The summed E-state index contributed by atoms with van der Waals surface area (Å²) in [4.78, 5) is 8.74. The summed E-state index contributed by atoms with van der Waals surface area (Å²) in [5.74, 6) is 0.106. The fraction of sp³-hybridized carbons (Fsp3) is 0.421. The number of sulfonamides is 1. The number of hydrogen-bond acceptors (Lipinski definition) is 5. The molecule has 7 nitrogen and oxygen atoms in total. The molecule has 1 aliphatic rings. The van der Waals surface area contributed by atoms with Crippen molar-refractivity contribution >= 4 is 62.0 Å². The van der Waals surface area contributed by atoms with E-state index >= 15 is 0 Å². The Kier molecular flexibility index (Phi) is 9.16. The molecule has 2 aromatic rings. The first-order valence-electron chi connectivity index (χ1n) is 9.38. The van der Waals surface area contributed by atoms with Crippen molar-refractivity contribution in [1.82, 2.24) is 10.2 Å². The fourth-order valence-corrected chi connectivity index (χ4v) is 4.85. The second-order valence-electron chi connectivity index (χ2n) is 6.78. The average molecular weight is 567 g/mol. The monoisotopic (exact) mass is 567 g/mol. The van der Waals surface area contributed by atoms with Crippen molar-refractivity contribution < 1.29 is 12.8 Å². The Morgan fingerprint density at radius 3 is 2.57 bits per heavy atom. The molecule has 30 heavy (non-hydrogen) atoms. The van der Waals surface area contributed by atoms with Gasteiger partial charge < -0.3 is 15.1 Å². The van der Waals surface area contributed by atoms with E-state index in [-0.39, 0.29) is 42.0 Å². The van der Waals surface area contributed by atoms with Crippen LogP contribution in [0.5, 0.6) is 0 Å². The molecule has 2 N–H and O–H groups in total. The van der Waals surface area contributed by atoms with Gasteiger partial charge in [-0.05, 0) is 42.1 Å². The van der Waals surface area contributed by atoms with Gasteiger partial charge in [-0.2, -0.15) is 0 Å². The van der Waals surface area contributed by atoms with Crippen LogP contribution >= 0.6 is 35.3 Å². The molecule has 1 saturated heterocycles. The van der Waals surface area contributed by atoms with Crippen LogP contribution in [0, 0.1) is 12.7 Å². The van der Waals surface area contributed by atoms with Gasteiger partial charge in [0.05, 0.1) is 16.4 Å². The summed E-state index contributed by atoms with van der Waals surface area (Å²) in [5, 5.41) is 6.45. The van der Waals surface area contributed by atoms with Crippen LogP contribution in [-0.4, -0.2) is 64.8 Å². The topological polar surface area (TPSA) is 77.0 Å². The van der Waals surface area contributed by atoms with Crippen molar-refractivity contribution in [3.8, 4) is 0 Å². The van der Waals surface area contributed by atoms with Gasteiger partial charge >= 0.3 is 0 Å². The third-order valence-electron chi connectivity index (χ3n) is 4.71. The van der Waals surface area contributed by atoms with Gasteiger partial charge in [0.15, 0.2) is 5.96 Å². The summed E-state index contributed by atoms with van der Waals surface area (Å²) in [5.41, 5.74) is 0.694. The number of hydrogen-bond donors (Lipinski definition) is 2. The summed E-state index contributed by atoms with van der Waals surface area (Å²) in [6.07, 6.45) is 0. The molecule has 0 unspecified atom stereocenters. The Labute approximate surface area is 198 Å². The summed E-state index contributed by atoms with van der Waals surface area (Å²) >= 11 is 1.73. The molecule has 11 heteroatoms. The first-order valence-corrected chi connectivity index (χ1v) is 11.9. The van der Waals surface area contributed by atoms with Gasteiger partial charge in [-0.3, -0.25) is 9.71 Å². The number of benzene rings is 1. The summed E-state index contributed by atoms with van der Waals surface area (Å²) in [6.45, 7) is 5.24. The predicted octanol–water partition coefficient (Wildman–Crippen LogP) is 2.95. The Hall–Kier alpha value is -1.60. The number of piperazine rings is 1. The minimum atomic E-state index is -3.60. The van der Waals surface area contributed by atoms with E-state index in [0.717, 1.165) is 26.2 Å². The second kappa shape index (κ2) is 11.1. The zero-order valence-corrected chi connectivity index (χ0v) is 20.9. The lowest BCUT2D eigenvalue weighted by Crippen LogP contribution is -2.53. The molecule has 1 aromatic heterocycles. The van der Waals surface area contributed by atoms with Crippen LogP contribution in [0.2, 0.25) is 0 Å². The van der Waals surface area contributed by atoms with Crippen LogP contribution < -0.4 is 14.9 Å². The van der Waals surface area contributed by atoms with Crippen LogP contribution in [0.25, 0.3) is 0 Å². The van der Waals surface area contributed by atoms with Gasteiger partial charge in [0.1, 0.15) is 5.82 Å². The molecule has 1 aromatic carbocycles. The number of aryl methyl sites for hydroxylation is 1. The van der Waals surface area contributed by atoms with E-state index in [4.69, 9.17) is 0 Å². The molecule has 3 rings (SSSR count). The number of nitrogens with zero attached hydrogens (tertiary/aromatic N) is 3. The van der Waals surface area contributed by atoms with E-state index < -0.39 is 15.8 Å². The highest BCUT2D eigenvalue weighted by molar-refractivity contribution is 14.0. The molecular formula is C19H27FIN5O2S2. The molecule has 0 amide bonds. The largest absolute Gasteiger partial charge is 0.360 e. The maximum atomic E-state index is 13.6. The zero-order valence-electron chi connectivity index (χ0n) is 17.0. The van der Waals surface area contributed by atoms with Crippen LogP contribution in [0.1, 0.15) is 5.56 Å². The number of thiophene rings is 1. The van der Waals surface area contributed by atoms with E-state index in [1.54, 1.807) is 37.4 Å². The van der Waals surface area contributed by atoms with Crippen molar-refractivity contribution in [3.63, 3.8) is 0 Å². The maximum absolute atomic E-state index is 13.6. The number of halogens is 2. The van der Waals surface area contributed by atoms with E-state index in [2.05, 4.69) is 36.3 Å². The first-order chi connectivity index (χ1) is 13.9. The normalized spacial score (nSPS) is 15.0. The number of anilines is 2. The number of aliphatic imine (C=N–C) groups is 1. The number of nitrogens with one attached hydrogen (secondary N) is 2. The quantitative estimate of drug-likeness (QED) is 0.319. The highest BCUT2D eigenvalue weighted by Crippen LogP contribution is 2.22. The average Bonchev–Trinajstić information content (AvgIpc) is 3.23. The van der Waals surface area contributed by atoms with Crippen molar-refractivity contribution in [2.45, 2.75) is 6.92 Å². The van der Waals surface area contributed by atoms with E-state index in [0.29, 0.717) is 11.5 Å². The lowest BCUT2D eigenvalue weighted by atomic mass is 10.2. The lowest BCUT2D eigenvalue weighted by molar-refractivity contribution is 0.374. The molecule has 0 bridgehead atoms.